The summed E-state index contributed by atoms with van der Waals surface area (Å²) in [6.45, 7) is 6.29. The molecule has 2 aromatic rings. The molecule has 4 heterocycles. The number of fused-ring (bicyclic) bond motifs is 3. The third-order valence-corrected chi connectivity index (χ3v) is 7.13. The van der Waals surface area contributed by atoms with Crippen molar-refractivity contribution in [3.63, 3.8) is 0 Å². The molecule has 5 rings (SSSR count). The fraction of sp³-hybridized carbons (Fsp3) is 0.522. The molecule has 5 heteroatoms. The number of aliphatic hydroxyl groups is 1. The second kappa shape index (κ2) is 6.46. The van der Waals surface area contributed by atoms with Crippen molar-refractivity contribution in [3.8, 4) is 0 Å². The van der Waals surface area contributed by atoms with E-state index in [1.165, 1.54) is 23.1 Å². The zero-order valence-electron chi connectivity index (χ0n) is 16.7. The first-order valence-corrected chi connectivity index (χ1v) is 10.6. The van der Waals surface area contributed by atoms with Crippen LogP contribution < -0.4 is 5.32 Å². The number of hydrogen-bond acceptors (Lipinski definition) is 3. The van der Waals surface area contributed by atoms with Crippen LogP contribution in [0.2, 0.25) is 0 Å². The summed E-state index contributed by atoms with van der Waals surface area (Å²) >= 11 is 0. The van der Waals surface area contributed by atoms with Crippen molar-refractivity contribution < 1.29 is 9.90 Å². The molecule has 0 aliphatic carbocycles. The molecule has 28 heavy (non-hydrogen) atoms. The van der Waals surface area contributed by atoms with Crippen LogP contribution in [0.25, 0.3) is 16.6 Å². The van der Waals surface area contributed by atoms with E-state index in [4.69, 9.17) is 0 Å². The maximum absolute atomic E-state index is 13.3. The zero-order chi connectivity index (χ0) is 19.5. The third kappa shape index (κ3) is 2.36. The summed E-state index contributed by atoms with van der Waals surface area (Å²) in [4.78, 5) is 15.9. The molecule has 0 radical (unpaired) electrons. The van der Waals surface area contributed by atoms with E-state index in [-0.39, 0.29) is 24.0 Å². The monoisotopic (exact) mass is 379 g/mol. The summed E-state index contributed by atoms with van der Waals surface area (Å²) < 4.78 is 2.22. The first-order chi connectivity index (χ1) is 13.6. The molecule has 2 N–H and O–H groups in total. The van der Waals surface area contributed by atoms with Gasteiger partial charge in [0.1, 0.15) is 5.70 Å². The molecule has 0 spiro atoms. The van der Waals surface area contributed by atoms with Gasteiger partial charge in [-0.3, -0.25) is 9.69 Å². The van der Waals surface area contributed by atoms with Crippen LogP contribution in [0, 0.1) is 5.41 Å². The third-order valence-electron chi connectivity index (χ3n) is 7.13. The van der Waals surface area contributed by atoms with Crippen LogP contribution in [-0.4, -0.2) is 46.2 Å². The first kappa shape index (κ1) is 18.0. The first-order valence-electron chi connectivity index (χ1n) is 10.6. The Kier molecular flexibility index (Phi) is 4.14. The molecule has 0 bridgehead atoms. The Morgan fingerprint density at radius 1 is 1.36 bits per heavy atom. The smallest absolute Gasteiger partial charge is 0.268 e. The van der Waals surface area contributed by atoms with E-state index >= 15 is 0 Å². The normalized spacial score (nSPS) is 27.2. The number of aliphatic hydroxyl groups excluding tert-OH is 1. The van der Waals surface area contributed by atoms with Crippen LogP contribution in [0.3, 0.4) is 0 Å². The van der Waals surface area contributed by atoms with Crippen molar-refractivity contribution in [1.29, 1.82) is 0 Å². The molecule has 0 saturated carbocycles. The predicted octanol–water partition coefficient (Wildman–Crippen LogP) is 3.08. The summed E-state index contributed by atoms with van der Waals surface area (Å²) in [6, 6.07) is 8.59. The van der Waals surface area contributed by atoms with Crippen LogP contribution in [-0.2, 0) is 11.2 Å². The topological polar surface area (TPSA) is 57.5 Å². The van der Waals surface area contributed by atoms with E-state index in [9.17, 15) is 9.90 Å². The molecular weight excluding hydrogens is 350 g/mol. The minimum absolute atomic E-state index is 0.00687. The van der Waals surface area contributed by atoms with Gasteiger partial charge in [0, 0.05) is 29.1 Å². The van der Waals surface area contributed by atoms with E-state index in [0.29, 0.717) is 6.04 Å². The molecular formula is C23H29N3O2. The number of carbonyl (C=O) groups excluding carboxylic acids is 1. The van der Waals surface area contributed by atoms with Gasteiger partial charge in [-0.1, -0.05) is 25.1 Å². The SMILES string of the molecule is CC[C@@]12C=C(C(=O)N[C@@H](C)CO)n3c4c(c5ccccc53)CCN(CCC1)[C@H]42. The number of amides is 1. The highest BCUT2D eigenvalue weighted by Gasteiger charge is 2.50. The van der Waals surface area contributed by atoms with Gasteiger partial charge >= 0.3 is 0 Å². The van der Waals surface area contributed by atoms with E-state index in [1.54, 1.807) is 0 Å². The molecule has 3 aliphatic heterocycles. The Balaban J connectivity index is 1.78. The van der Waals surface area contributed by atoms with Crippen molar-refractivity contribution in [3.05, 3.63) is 41.6 Å². The molecule has 1 aromatic carbocycles. The molecule has 148 valence electrons. The average Bonchev–Trinajstić information content (AvgIpc) is 3.07. The van der Waals surface area contributed by atoms with Gasteiger partial charge in [-0.15, -0.1) is 0 Å². The van der Waals surface area contributed by atoms with Gasteiger partial charge in [-0.05, 0) is 56.9 Å². The quantitative estimate of drug-likeness (QED) is 0.858. The largest absolute Gasteiger partial charge is 0.394 e. The molecule has 5 nitrogen and oxygen atoms in total. The van der Waals surface area contributed by atoms with Crippen molar-refractivity contribution >= 4 is 22.5 Å². The van der Waals surface area contributed by atoms with Gasteiger partial charge in [-0.2, -0.15) is 0 Å². The highest BCUT2D eigenvalue weighted by Crippen LogP contribution is 2.56. The average molecular weight is 380 g/mol. The Labute approximate surface area is 166 Å². The minimum atomic E-state index is -0.260. The summed E-state index contributed by atoms with van der Waals surface area (Å²) in [5.41, 5.74) is 4.62. The van der Waals surface area contributed by atoms with Crippen LogP contribution in [0.4, 0.5) is 0 Å². The van der Waals surface area contributed by atoms with Gasteiger partial charge in [-0.25, -0.2) is 0 Å². The van der Waals surface area contributed by atoms with Gasteiger partial charge in [0.15, 0.2) is 0 Å². The Morgan fingerprint density at radius 2 is 2.18 bits per heavy atom. The lowest BCUT2D eigenvalue weighted by atomic mass is 9.66. The molecule has 1 fully saturated rings. The summed E-state index contributed by atoms with van der Waals surface area (Å²) in [6.07, 6.45) is 6.64. The van der Waals surface area contributed by atoms with E-state index in [1.807, 2.05) is 6.92 Å². The zero-order valence-corrected chi connectivity index (χ0v) is 16.7. The number of benzene rings is 1. The van der Waals surface area contributed by atoms with Crippen molar-refractivity contribution in [2.75, 3.05) is 19.7 Å². The molecule has 1 aromatic heterocycles. The number of carbonyl (C=O) groups is 1. The predicted molar refractivity (Wildman–Crippen MR) is 111 cm³/mol. The maximum atomic E-state index is 13.3. The lowest BCUT2D eigenvalue weighted by molar-refractivity contribution is -0.117. The number of nitrogens with zero attached hydrogens (tertiary/aromatic N) is 2. The van der Waals surface area contributed by atoms with Crippen molar-refractivity contribution in [2.24, 2.45) is 5.41 Å². The number of rotatable bonds is 4. The number of piperidine rings is 1. The Morgan fingerprint density at radius 3 is 2.96 bits per heavy atom. The highest BCUT2D eigenvalue weighted by molar-refractivity contribution is 6.16. The van der Waals surface area contributed by atoms with Crippen molar-refractivity contribution in [1.82, 2.24) is 14.8 Å². The minimum Gasteiger partial charge on any atom is -0.394 e. The van der Waals surface area contributed by atoms with E-state index < -0.39 is 0 Å². The fourth-order valence-corrected chi connectivity index (χ4v) is 5.79. The molecule has 0 unspecified atom stereocenters. The summed E-state index contributed by atoms with van der Waals surface area (Å²) in [5, 5.41) is 13.7. The molecule has 1 amide bonds. The molecule has 1 saturated heterocycles. The van der Waals surface area contributed by atoms with Gasteiger partial charge in [0.2, 0.25) is 0 Å². The lowest BCUT2D eigenvalue weighted by Gasteiger charge is -2.53. The van der Waals surface area contributed by atoms with Crippen LogP contribution in [0.1, 0.15) is 50.4 Å². The Bertz CT molecular complexity index is 976. The second-order valence-corrected chi connectivity index (χ2v) is 8.68. The van der Waals surface area contributed by atoms with E-state index in [0.717, 1.165) is 43.6 Å². The number of hydrogen-bond donors (Lipinski definition) is 2. The van der Waals surface area contributed by atoms with Gasteiger partial charge in [0.05, 0.1) is 18.2 Å². The van der Waals surface area contributed by atoms with Gasteiger partial charge < -0.3 is 15.0 Å². The second-order valence-electron chi connectivity index (χ2n) is 8.68. The summed E-state index contributed by atoms with van der Waals surface area (Å²) in [5.74, 6) is -0.0842. The summed E-state index contributed by atoms with van der Waals surface area (Å²) in [7, 11) is 0. The van der Waals surface area contributed by atoms with E-state index in [2.05, 4.69) is 52.0 Å². The number of nitrogens with one attached hydrogen (secondary N) is 1. The molecule has 3 aliphatic rings. The maximum Gasteiger partial charge on any atom is 0.268 e. The lowest BCUT2D eigenvalue weighted by Crippen LogP contribution is -2.51. The Hall–Kier alpha value is -2.11. The van der Waals surface area contributed by atoms with Gasteiger partial charge in [0.25, 0.3) is 5.91 Å². The van der Waals surface area contributed by atoms with Crippen molar-refractivity contribution in [2.45, 2.75) is 51.6 Å². The highest BCUT2D eigenvalue weighted by atomic mass is 16.3. The molecule has 3 atom stereocenters. The number of aromatic nitrogens is 1. The standard InChI is InChI=1S/C23H29N3O2/c1-3-23-10-6-11-25-12-9-17-16-7-4-5-8-18(16)26(20(17)21(23)25)19(13-23)22(28)24-15(2)14-27/h4-5,7-8,13,15,21,27H,3,6,9-12,14H2,1-2H3,(H,24,28)/t15-,21+,23-/m0/s1. The van der Waals surface area contributed by atoms with Crippen LogP contribution in [0.15, 0.2) is 30.3 Å². The number of para-hydroxylation sites is 1. The van der Waals surface area contributed by atoms with Crippen LogP contribution >= 0.6 is 0 Å². The van der Waals surface area contributed by atoms with Crippen LogP contribution in [0.5, 0.6) is 0 Å². The fourth-order valence-electron chi connectivity index (χ4n) is 5.79.